The van der Waals surface area contributed by atoms with Crippen molar-refractivity contribution in [1.82, 2.24) is 0 Å². The Kier molecular flexibility index (Phi) is 9.21. The number of allylic oxidation sites excluding steroid dienone is 4. The second-order valence-electron chi connectivity index (χ2n) is 21.5. The molecule has 7 aromatic carbocycles. The van der Waals surface area contributed by atoms with Crippen LogP contribution in [0.5, 0.6) is 11.5 Å². The van der Waals surface area contributed by atoms with Crippen molar-refractivity contribution in [1.29, 1.82) is 0 Å². The van der Waals surface area contributed by atoms with Gasteiger partial charge in [0.1, 0.15) is 11.5 Å². The van der Waals surface area contributed by atoms with Crippen LogP contribution in [0.1, 0.15) is 77.7 Å². The van der Waals surface area contributed by atoms with Crippen molar-refractivity contribution in [2.45, 2.75) is 77.7 Å². The normalized spacial score (nSPS) is 22.1. The number of ether oxygens (including phenoxy) is 1. The van der Waals surface area contributed by atoms with Crippen LogP contribution in [0.4, 0.5) is 28.4 Å². The van der Waals surface area contributed by atoms with Gasteiger partial charge in [-0.05, 0) is 173 Å². The highest BCUT2D eigenvalue weighted by Gasteiger charge is 2.57. The zero-order valence-electron chi connectivity index (χ0n) is 38.5. The van der Waals surface area contributed by atoms with Crippen LogP contribution in [0, 0.1) is 23.2 Å². The zero-order valence-corrected chi connectivity index (χ0v) is 38.5. The van der Waals surface area contributed by atoms with Gasteiger partial charge in [0.15, 0.2) is 0 Å². The van der Waals surface area contributed by atoms with Gasteiger partial charge in [-0.2, -0.15) is 0 Å². The fourth-order valence-electron chi connectivity index (χ4n) is 13.8. The largest absolute Gasteiger partial charge is 0.458 e. The molecule has 4 bridgehead atoms. The van der Waals surface area contributed by atoms with E-state index in [1.807, 2.05) is 0 Å². The Balaban J connectivity index is 1.10. The zero-order chi connectivity index (χ0) is 44.1. The first-order valence-corrected chi connectivity index (χ1v) is 24.7. The Hall–Kier alpha value is -6.52. The Morgan fingerprint density at radius 1 is 0.545 bits per heavy atom. The smallest absolute Gasteiger partial charge is 0.256 e. The van der Waals surface area contributed by atoms with Crippen LogP contribution in [0.3, 0.4) is 0 Å². The Morgan fingerprint density at radius 3 is 1.74 bits per heavy atom. The fourth-order valence-corrected chi connectivity index (χ4v) is 13.8. The highest BCUT2D eigenvalue weighted by Crippen LogP contribution is 2.61. The second-order valence-corrected chi connectivity index (χ2v) is 21.5. The van der Waals surface area contributed by atoms with E-state index in [4.69, 9.17) is 4.74 Å². The van der Waals surface area contributed by atoms with Gasteiger partial charge in [0.05, 0.1) is 0 Å². The lowest BCUT2D eigenvalue weighted by Gasteiger charge is -2.62. The van der Waals surface area contributed by atoms with Crippen LogP contribution in [-0.4, -0.2) is 12.3 Å². The summed E-state index contributed by atoms with van der Waals surface area (Å²) in [5.74, 6) is 4.37. The summed E-state index contributed by atoms with van der Waals surface area (Å²) in [6.45, 7) is 7.00. The fraction of sp³-hybridized carbons (Fsp3) is 0.258. The van der Waals surface area contributed by atoms with Crippen LogP contribution in [0.15, 0.2) is 182 Å². The lowest BCUT2D eigenvalue weighted by Crippen LogP contribution is -2.66. The number of anilines is 5. The number of benzene rings is 7. The summed E-state index contributed by atoms with van der Waals surface area (Å²) >= 11 is 0. The Morgan fingerprint density at radius 2 is 1.15 bits per heavy atom. The van der Waals surface area contributed by atoms with Gasteiger partial charge in [-0.25, -0.2) is 0 Å². The van der Waals surface area contributed by atoms with E-state index in [2.05, 4.69) is 207 Å². The quantitative estimate of drug-likeness (QED) is 0.149. The molecule has 3 nitrogen and oxygen atoms in total. The molecule has 0 spiro atoms. The van der Waals surface area contributed by atoms with Crippen LogP contribution in [0.25, 0.3) is 27.8 Å². The topological polar surface area (TPSA) is 15.7 Å². The van der Waals surface area contributed by atoms with E-state index in [0.717, 1.165) is 70.3 Å². The molecule has 14 rings (SSSR count). The molecular formula is C62H57BN2O. The standard InChI is InChI=1S/C62H57BN2O/c1-61(2,3)49-27-24-45(25-28-49)48-34-57-59-58(35-48)66-60-53(46-18-10-5-11-19-46)36-52(64(50-20-12-6-13-21-50)51-22-14-7-15-23-51)37-55(60)63(59)54-33-47(44-16-8-4-9-17-44)26-29-56(54)65(57)62-38-41-30-42(39-62)32-43(31-41)40-62/h4-24,26-27,29,33-37,41-43H,25,28,30-32,38-40H2,1-3H3. The Bertz CT molecular complexity index is 3000. The minimum absolute atomic E-state index is 0.0554. The molecule has 0 unspecified atom stereocenters. The Labute approximate surface area is 391 Å². The van der Waals surface area contributed by atoms with Crippen molar-refractivity contribution in [3.8, 4) is 33.8 Å². The van der Waals surface area contributed by atoms with Gasteiger partial charge in [0, 0.05) is 39.5 Å². The maximum absolute atomic E-state index is 7.67. The molecule has 4 saturated carbocycles. The average Bonchev–Trinajstić information content (AvgIpc) is 3.34. The van der Waals surface area contributed by atoms with Gasteiger partial charge in [-0.15, -0.1) is 0 Å². The summed E-state index contributed by atoms with van der Waals surface area (Å²) in [4.78, 5) is 5.35. The van der Waals surface area contributed by atoms with Gasteiger partial charge in [0.25, 0.3) is 6.71 Å². The second kappa shape index (κ2) is 15.3. The van der Waals surface area contributed by atoms with Crippen molar-refractivity contribution in [2.24, 2.45) is 23.2 Å². The highest BCUT2D eigenvalue weighted by molar-refractivity contribution is 6.99. The van der Waals surface area contributed by atoms with E-state index in [0.29, 0.717) is 0 Å². The first-order chi connectivity index (χ1) is 32.3. The minimum atomic E-state index is -0.0554. The molecule has 4 heteroatoms. The third-order valence-corrected chi connectivity index (χ3v) is 16.3. The molecule has 0 saturated heterocycles. The van der Waals surface area contributed by atoms with Gasteiger partial charge >= 0.3 is 0 Å². The molecule has 0 radical (unpaired) electrons. The third kappa shape index (κ3) is 6.54. The number of rotatable bonds is 7. The highest BCUT2D eigenvalue weighted by atomic mass is 16.5. The number of nitrogens with zero attached hydrogens (tertiary/aromatic N) is 2. The maximum Gasteiger partial charge on any atom is 0.256 e. The molecular weight excluding hydrogens is 800 g/mol. The molecule has 0 atom stereocenters. The van der Waals surface area contributed by atoms with Gasteiger partial charge in [-0.3, -0.25) is 0 Å². The summed E-state index contributed by atoms with van der Waals surface area (Å²) in [7, 11) is 0. The molecule has 2 heterocycles. The first-order valence-electron chi connectivity index (χ1n) is 24.7. The number of hydrogen-bond acceptors (Lipinski definition) is 3. The molecule has 4 fully saturated rings. The van der Waals surface area contributed by atoms with E-state index in [1.54, 1.807) is 0 Å². The minimum Gasteiger partial charge on any atom is -0.458 e. The van der Waals surface area contributed by atoms with Crippen molar-refractivity contribution in [3.05, 3.63) is 187 Å². The average molecular weight is 857 g/mol. The number of para-hydroxylation sites is 2. The molecule has 0 N–H and O–H groups in total. The van der Waals surface area contributed by atoms with E-state index in [1.165, 1.54) is 94.1 Å². The van der Waals surface area contributed by atoms with Crippen LogP contribution >= 0.6 is 0 Å². The summed E-state index contributed by atoms with van der Waals surface area (Å²) in [5.41, 5.74) is 19.3. The molecule has 0 amide bonds. The first kappa shape index (κ1) is 39.8. The van der Waals surface area contributed by atoms with Crippen molar-refractivity contribution >= 4 is 57.1 Å². The van der Waals surface area contributed by atoms with E-state index in [-0.39, 0.29) is 17.7 Å². The van der Waals surface area contributed by atoms with Crippen molar-refractivity contribution < 1.29 is 4.74 Å². The molecule has 7 aliphatic rings. The molecule has 66 heavy (non-hydrogen) atoms. The number of hydrogen-bond donors (Lipinski definition) is 0. The monoisotopic (exact) mass is 856 g/mol. The SMILES string of the molecule is CC(C)(C)C1=CC=C(c2cc3c4c(c2)N(C25CC6CC(CC(C6)C2)C5)c2ccc(-c5ccccc5)cc2B4c2cc(N(c4ccccc4)c4ccccc4)cc(-c4ccccc4)c2O3)CC1. The summed E-state index contributed by atoms with van der Waals surface area (Å²) < 4.78 is 7.67. The predicted octanol–water partition coefficient (Wildman–Crippen LogP) is 14.7. The van der Waals surface area contributed by atoms with Gasteiger partial charge < -0.3 is 14.5 Å². The molecule has 5 aliphatic carbocycles. The van der Waals surface area contributed by atoms with Gasteiger partial charge in [0.2, 0.25) is 0 Å². The predicted molar refractivity (Wildman–Crippen MR) is 277 cm³/mol. The maximum atomic E-state index is 7.67. The number of fused-ring (bicyclic) bond motifs is 4. The van der Waals surface area contributed by atoms with Crippen molar-refractivity contribution in [2.75, 3.05) is 9.80 Å². The molecule has 7 aromatic rings. The molecule has 324 valence electrons. The van der Waals surface area contributed by atoms with Gasteiger partial charge in [-0.1, -0.05) is 148 Å². The van der Waals surface area contributed by atoms with Crippen LogP contribution < -0.4 is 30.9 Å². The van der Waals surface area contributed by atoms with E-state index < -0.39 is 0 Å². The van der Waals surface area contributed by atoms with Crippen molar-refractivity contribution in [3.63, 3.8) is 0 Å². The van der Waals surface area contributed by atoms with E-state index in [9.17, 15) is 0 Å². The summed E-state index contributed by atoms with van der Waals surface area (Å²) in [5, 5.41) is 0. The van der Waals surface area contributed by atoms with Crippen LogP contribution in [-0.2, 0) is 0 Å². The third-order valence-electron chi connectivity index (χ3n) is 16.3. The summed E-state index contributed by atoms with van der Waals surface area (Å²) in [6, 6.07) is 61.0. The lowest BCUT2D eigenvalue weighted by molar-refractivity contribution is 0.000628. The van der Waals surface area contributed by atoms with E-state index >= 15 is 0 Å². The van der Waals surface area contributed by atoms with Crippen LogP contribution in [0.2, 0.25) is 0 Å². The lowest BCUT2D eigenvalue weighted by atomic mass is 9.33. The molecule has 2 aliphatic heterocycles. The molecule has 0 aromatic heterocycles. The summed E-state index contributed by atoms with van der Waals surface area (Å²) in [6.07, 6.45) is 15.0.